The van der Waals surface area contributed by atoms with Crippen molar-refractivity contribution in [2.45, 2.75) is 0 Å². The molecule has 0 atom stereocenters. The largest absolute Gasteiger partial charge is 0.746 e. The molecule has 4 rings (SSSR count). The van der Waals surface area contributed by atoms with Crippen LogP contribution < -0.4 is 11.0 Å². The molecule has 0 bridgehead atoms. The summed E-state index contributed by atoms with van der Waals surface area (Å²) in [4.78, 5) is 0. The summed E-state index contributed by atoms with van der Waals surface area (Å²) >= 11 is 0. The van der Waals surface area contributed by atoms with Crippen molar-refractivity contribution in [3.63, 3.8) is 0 Å². The van der Waals surface area contributed by atoms with Crippen LogP contribution >= 0.6 is 8.25 Å². The Bertz CT molecular complexity index is 1220. The Morgan fingerprint density at radius 1 is 0.750 bits per heavy atom. The molecule has 32 heavy (non-hydrogen) atoms. The minimum atomic E-state index is -2.70. The van der Waals surface area contributed by atoms with Crippen LogP contribution in [0.4, 0.5) is 11.6 Å². The molecule has 12 heteroatoms. The van der Waals surface area contributed by atoms with E-state index in [1.54, 1.807) is 24.3 Å². The summed E-state index contributed by atoms with van der Waals surface area (Å²) in [5.41, 5.74) is 6.61. The number of aromatic nitrogens is 4. The Morgan fingerprint density at radius 2 is 1.16 bits per heavy atom. The van der Waals surface area contributed by atoms with E-state index in [2.05, 4.69) is 21.2 Å². The van der Waals surface area contributed by atoms with Gasteiger partial charge in [0.25, 0.3) is 0 Å². The maximum absolute atomic E-state index is 12.2. The van der Waals surface area contributed by atoms with Gasteiger partial charge in [0, 0.05) is 25.9 Å². The van der Waals surface area contributed by atoms with Crippen LogP contribution in [0.15, 0.2) is 72.8 Å². The molecule has 0 unspecified atom stereocenters. The van der Waals surface area contributed by atoms with E-state index in [0.717, 1.165) is 0 Å². The van der Waals surface area contributed by atoms with E-state index in [4.69, 9.17) is 19.8 Å². The Morgan fingerprint density at radius 3 is 1.53 bits per heavy atom. The molecule has 2 heterocycles. The summed E-state index contributed by atoms with van der Waals surface area (Å²) in [6, 6.07) is 24.8. The van der Waals surface area contributed by atoms with Crippen LogP contribution in [0.3, 0.4) is 0 Å². The van der Waals surface area contributed by atoms with Crippen molar-refractivity contribution in [2.75, 3.05) is 11.0 Å². The third kappa shape index (κ3) is 4.61. The van der Waals surface area contributed by atoms with Crippen molar-refractivity contribution in [2.24, 2.45) is 0 Å². The fourth-order valence-electron chi connectivity index (χ4n) is 2.74. The smallest absolute Gasteiger partial charge is 0.214 e. The zero-order valence-electron chi connectivity index (χ0n) is 16.3. The molecule has 11 nitrogen and oxygen atoms in total. The molecule has 4 aromatic rings. The highest BCUT2D eigenvalue weighted by molar-refractivity contribution is 7.33. The minimum Gasteiger partial charge on any atom is -0.214 e. The number of rotatable bonds is 8. The van der Waals surface area contributed by atoms with Crippen LogP contribution in [0, 0.1) is 22.7 Å². The molecular formula is C20H14N8O3P+. The third-order valence-electron chi connectivity index (χ3n) is 4.10. The zero-order chi connectivity index (χ0) is 22.3. The van der Waals surface area contributed by atoms with Gasteiger partial charge in [-0.1, -0.05) is 36.4 Å². The molecule has 0 fully saturated rings. The fourth-order valence-corrected chi connectivity index (χ4v) is 3.11. The molecular weight excluding hydrogens is 431 g/mol. The number of benzene rings is 2. The van der Waals surface area contributed by atoms with Crippen LogP contribution in [0.5, 0.6) is 0 Å². The van der Waals surface area contributed by atoms with E-state index in [0.29, 0.717) is 11.4 Å². The Kier molecular flexibility index (Phi) is 6.16. The molecule has 156 valence electrons. The van der Waals surface area contributed by atoms with E-state index in [1.165, 1.54) is 21.5 Å². The first kappa shape index (κ1) is 20.7. The summed E-state index contributed by atoms with van der Waals surface area (Å²) in [5, 5.41) is 26.6. The SMILES string of the molecule is N#Cc1cc(NO[P+](=O)ONc2cc(C#N)nn2-c2ccccc2)n(-c2ccccc2)n1. The van der Waals surface area contributed by atoms with Crippen molar-refractivity contribution in [1.29, 1.82) is 10.5 Å². The Balaban J connectivity index is 1.43. The molecule has 0 radical (unpaired) electrons. The molecule has 0 aliphatic rings. The number of nitrogens with one attached hydrogen (secondary N) is 2. The normalized spacial score (nSPS) is 10.2. The molecule has 0 saturated carbocycles. The van der Waals surface area contributed by atoms with E-state index < -0.39 is 8.25 Å². The number of hydrogen-bond donors (Lipinski definition) is 2. The van der Waals surface area contributed by atoms with E-state index in [9.17, 15) is 4.57 Å². The first-order valence-corrected chi connectivity index (χ1v) is 10.2. The lowest BCUT2D eigenvalue weighted by Gasteiger charge is -2.06. The maximum Gasteiger partial charge on any atom is 0.746 e. The summed E-state index contributed by atoms with van der Waals surface area (Å²) in [7, 11) is -2.70. The second-order valence-electron chi connectivity index (χ2n) is 6.16. The average molecular weight is 445 g/mol. The predicted octanol–water partition coefficient (Wildman–Crippen LogP) is 3.85. The number of nitriles is 2. The fraction of sp³-hybridized carbons (Fsp3) is 0. The van der Waals surface area contributed by atoms with Crippen molar-refractivity contribution in [1.82, 2.24) is 19.6 Å². The van der Waals surface area contributed by atoms with Gasteiger partial charge in [0.1, 0.15) is 12.1 Å². The first-order chi connectivity index (χ1) is 15.7. The Labute approximate surface area is 182 Å². The lowest BCUT2D eigenvalue weighted by molar-refractivity contribution is 0.293. The van der Waals surface area contributed by atoms with Gasteiger partial charge in [0.05, 0.1) is 11.4 Å². The molecule has 2 aromatic carbocycles. The van der Waals surface area contributed by atoms with Gasteiger partial charge in [0.2, 0.25) is 0 Å². The van der Waals surface area contributed by atoms with Crippen molar-refractivity contribution in [3.05, 3.63) is 84.2 Å². The monoisotopic (exact) mass is 445 g/mol. The summed E-state index contributed by atoms with van der Waals surface area (Å²) in [6.07, 6.45) is 0. The summed E-state index contributed by atoms with van der Waals surface area (Å²) in [5.74, 6) is 0.557. The molecule has 0 spiro atoms. The quantitative estimate of drug-likeness (QED) is 0.305. The second kappa shape index (κ2) is 9.51. The molecule has 0 amide bonds. The molecule has 0 aliphatic carbocycles. The summed E-state index contributed by atoms with van der Waals surface area (Å²) < 4.78 is 25.2. The van der Waals surface area contributed by atoms with Gasteiger partial charge >= 0.3 is 8.25 Å². The van der Waals surface area contributed by atoms with Gasteiger partial charge < -0.3 is 0 Å². The average Bonchev–Trinajstić information content (AvgIpc) is 3.46. The number of anilines is 2. The molecule has 2 aromatic heterocycles. The summed E-state index contributed by atoms with van der Waals surface area (Å²) in [6.45, 7) is 0. The number of para-hydroxylation sites is 2. The van der Waals surface area contributed by atoms with Gasteiger partial charge in [-0.15, -0.1) is 0 Å². The zero-order valence-corrected chi connectivity index (χ0v) is 17.2. The highest BCUT2D eigenvalue weighted by Gasteiger charge is 2.25. The van der Waals surface area contributed by atoms with Gasteiger partial charge in [-0.2, -0.15) is 31.7 Å². The van der Waals surface area contributed by atoms with Crippen LogP contribution in [-0.2, 0) is 13.8 Å². The topological polar surface area (TPSA) is 143 Å². The van der Waals surface area contributed by atoms with Gasteiger partial charge in [0.15, 0.2) is 23.0 Å². The molecule has 2 N–H and O–H groups in total. The highest BCUT2D eigenvalue weighted by Crippen LogP contribution is 2.27. The Hall–Kier alpha value is -4.54. The van der Waals surface area contributed by atoms with Gasteiger partial charge in [-0.3, -0.25) is 0 Å². The second-order valence-corrected chi connectivity index (χ2v) is 6.97. The molecule has 0 aliphatic heterocycles. The van der Waals surface area contributed by atoms with Crippen LogP contribution in [0.25, 0.3) is 11.4 Å². The van der Waals surface area contributed by atoms with Crippen molar-refractivity contribution >= 4 is 19.9 Å². The van der Waals surface area contributed by atoms with E-state index in [-0.39, 0.29) is 23.0 Å². The predicted molar refractivity (Wildman–Crippen MR) is 114 cm³/mol. The molecule has 0 saturated heterocycles. The minimum absolute atomic E-state index is 0.144. The van der Waals surface area contributed by atoms with E-state index in [1.807, 2.05) is 48.5 Å². The lowest BCUT2D eigenvalue weighted by atomic mass is 10.3. The maximum atomic E-state index is 12.2. The number of hydrogen-bond acceptors (Lipinski definition) is 9. The van der Waals surface area contributed by atoms with Crippen molar-refractivity contribution in [3.8, 4) is 23.5 Å². The standard InChI is InChI=1S/C20H14N8O3P/c21-13-15-11-19(27(23-15)17-7-3-1-4-8-17)25-30-32(29)31-26-20-12-16(14-22)24-28(20)18-9-5-2-6-10-18/h1-12,25-26H/q+1. The lowest BCUT2D eigenvalue weighted by Crippen LogP contribution is -2.07. The van der Waals surface area contributed by atoms with Gasteiger partial charge in [-0.25, -0.2) is 9.36 Å². The van der Waals surface area contributed by atoms with Crippen molar-refractivity contribution < 1.29 is 13.8 Å². The van der Waals surface area contributed by atoms with E-state index >= 15 is 0 Å². The van der Waals surface area contributed by atoms with Crippen LogP contribution in [0.2, 0.25) is 0 Å². The van der Waals surface area contributed by atoms with Gasteiger partial charge in [-0.05, 0) is 24.3 Å². The third-order valence-corrected chi connectivity index (χ3v) is 4.58. The van der Waals surface area contributed by atoms with Crippen LogP contribution in [-0.4, -0.2) is 19.6 Å². The number of nitrogens with zero attached hydrogens (tertiary/aromatic N) is 6. The van der Waals surface area contributed by atoms with Crippen LogP contribution in [0.1, 0.15) is 11.4 Å². The first-order valence-electron chi connectivity index (χ1n) is 9.12. The highest BCUT2D eigenvalue weighted by atomic mass is 31.1.